The molecule has 0 aromatic carbocycles. The Labute approximate surface area is 131 Å². The van der Waals surface area contributed by atoms with E-state index < -0.39 is 0 Å². The molecule has 1 fully saturated rings. The van der Waals surface area contributed by atoms with Gasteiger partial charge in [-0.1, -0.05) is 59.0 Å². The number of allylic oxidation sites excluding steroid dienone is 4. The molecule has 0 aliphatic heterocycles. The molecule has 1 atom stereocenters. The summed E-state index contributed by atoms with van der Waals surface area (Å²) in [4.78, 5) is 0. The van der Waals surface area contributed by atoms with Gasteiger partial charge < -0.3 is 5.73 Å². The zero-order valence-corrected chi connectivity index (χ0v) is 15.6. The second-order valence-corrected chi connectivity index (χ2v) is 6.16. The fourth-order valence-corrected chi connectivity index (χ4v) is 1.57. The van der Waals surface area contributed by atoms with E-state index in [4.69, 9.17) is 5.73 Å². The summed E-state index contributed by atoms with van der Waals surface area (Å²) in [6, 6.07) is 0.315. The minimum Gasteiger partial charge on any atom is -0.675 e. The van der Waals surface area contributed by atoms with Gasteiger partial charge in [-0.2, -0.15) is 11.1 Å². The Bertz CT molecular complexity index is 280. The molecular weight excluding hydrogens is 270 g/mol. The van der Waals surface area contributed by atoms with Crippen LogP contribution in [0.4, 0.5) is 0 Å². The number of hydrogen-bond donors (Lipinski definition) is 0. The first-order chi connectivity index (χ1) is 7.93. The molecule has 1 N–H and O–H groups in total. The van der Waals surface area contributed by atoms with E-state index in [0.717, 1.165) is 22.4 Å². The maximum atomic E-state index is 6.91. The Kier molecular flexibility index (Phi) is 12.9. The first-order valence-electron chi connectivity index (χ1n) is 6.66. The number of rotatable bonds is 0. The maximum absolute atomic E-state index is 6.91. The number of hydrogen-bond acceptors (Lipinski definition) is 0. The topological polar surface area (TPSA) is 23.8 Å². The van der Waals surface area contributed by atoms with Crippen molar-refractivity contribution in [2.75, 3.05) is 0 Å². The third kappa shape index (κ3) is 7.73. The van der Waals surface area contributed by atoms with Crippen LogP contribution in [0.3, 0.4) is 0 Å². The minimum atomic E-state index is 0. The van der Waals surface area contributed by atoms with Gasteiger partial charge in [-0.25, -0.2) is 5.57 Å². The molecule has 0 bridgehead atoms. The van der Waals surface area contributed by atoms with Crippen LogP contribution < -0.4 is 0 Å². The quantitative estimate of drug-likeness (QED) is 0.452. The van der Waals surface area contributed by atoms with Crippen LogP contribution in [0, 0.1) is 12.0 Å². The van der Waals surface area contributed by atoms with Gasteiger partial charge in [0.25, 0.3) is 0 Å². The zero-order chi connectivity index (χ0) is 13.4. The molecule has 1 saturated carbocycles. The summed E-state index contributed by atoms with van der Waals surface area (Å²) in [5.41, 5.74) is 11.2. The molecule has 0 aromatic heterocycles. The summed E-state index contributed by atoms with van der Waals surface area (Å²) in [5, 5.41) is 0. The summed E-state index contributed by atoms with van der Waals surface area (Å²) < 4.78 is 0. The second kappa shape index (κ2) is 11.2. The van der Waals surface area contributed by atoms with Crippen molar-refractivity contribution in [3.05, 3.63) is 28.5 Å². The van der Waals surface area contributed by atoms with Crippen molar-refractivity contribution in [1.82, 2.24) is 0 Å². The van der Waals surface area contributed by atoms with Gasteiger partial charge in [-0.05, 0) is 0 Å². The summed E-state index contributed by atoms with van der Waals surface area (Å²) in [6.07, 6.45) is 6.96. The van der Waals surface area contributed by atoms with Crippen molar-refractivity contribution in [2.45, 2.75) is 66.1 Å². The fraction of sp³-hybridized carbons (Fsp3) is 0.733. The predicted molar refractivity (Wildman–Crippen MR) is 80.8 cm³/mol. The van der Waals surface area contributed by atoms with Gasteiger partial charge >= 0.3 is 21.7 Å². The zero-order valence-electron chi connectivity index (χ0n) is 12.9. The van der Waals surface area contributed by atoms with E-state index in [1.54, 1.807) is 0 Å². The Morgan fingerprint density at radius 2 is 1.56 bits per heavy atom. The summed E-state index contributed by atoms with van der Waals surface area (Å²) in [6.45, 7) is 13.1. The summed E-state index contributed by atoms with van der Waals surface area (Å²) >= 11 is 0. The molecule has 101 valence electrons. The first-order valence-corrected chi connectivity index (χ1v) is 8.97. The van der Waals surface area contributed by atoms with E-state index >= 15 is 0 Å². The van der Waals surface area contributed by atoms with Crippen molar-refractivity contribution in [2.24, 2.45) is 5.92 Å². The van der Waals surface area contributed by atoms with Crippen LogP contribution in [0.1, 0.15) is 47.0 Å². The Morgan fingerprint density at radius 1 is 1.17 bits per heavy atom. The van der Waals surface area contributed by atoms with Crippen LogP contribution in [-0.2, 0) is 21.7 Å². The Morgan fingerprint density at radius 3 is 1.61 bits per heavy atom. The van der Waals surface area contributed by atoms with E-state index in [1.165, 1.54) is 23.1 Å². The summed E-state index contributed by atoms with van der Waals surface area (Å²) in [5.74, 6) is 0.560. The van der Waals surface area contributed by atoms with Gasteiger partial charge in [-0.3, -0.25) is 6.08 Å². The minimum absolute atomic E-state index is 0. The maximum Gasteiger partial charge on any atom is 2.00 e. The third-order valence-electron chi connectivity index (χ3n) is 3.34. The van der Waals surface area contributed by atoms with Crippen molar-refractivity contribution in [1.29, 1.82) is 0 Å². The van der Waals surface area contributed by atoms with E-state index in [9.17, 15) is 0 Å². The average molecular weight is 298 g/mol. The standard InChI is InChI=1S/C9H13.C4H8N.C2H7Si.Ti/c1-6-5-7(2)9(4)8(6)3;5-4-2-1-3-4;1-3-2;/h6H,1-4H3;4-5H,1-3H2;3H,1-2H3;/q2*-1;;+2. The van der Waals surface area contributed by atoms with Crippen molar-refractivity contribution in [3.63, 3.8) is 0 Å². The molecule has 0 spiro atoms. The molecule has 0 amide bonds. The van der Waals surface area contributed by atoms with Crippen molar-refractivity contribution >= 4 is 9.52 Å². The smallest absolute Gasteiger partial charge is 0.675 e. The fourth-order valence-electron chi connectivity index (χ4n) is 1.57. The Balaban J connectivity index is 0. The van der Waals surface area contributed by atoms with Crippen molar-refractivity contribution in [3.8, 4) is 0 Å². The van der Waals surface area contributed by atoms with Gasteiger partial charge in [-0.15, -0.1) is 13.0 Å². The van der Waals surface area contributed by atoms with Crippen LogP contribution in [0.15, 0.2) is 16.7 Å². The van der Waals surface area contributed by atoms with E-state index in [2.05, 4.69) is 46.9 Å². The predicted octanol–water partition coefficient (Wildman–Crippen LogP) is 4.83. The largest absolute Gasteiger partial charge is 2.00 e. The molecule has 0 heterocycles. The molecule has 1 nitrogen and oxygen atoms in total. The molecule has 3 heteroatoms. The third-order valence-corrected chi connectivity index (χ3v) is 3.34. The van der Waals surface area contributed by atoms with E-state index in [1.807, 2.05) is 0 Å². The monoisotopic (exact) mass is 298 g/mol. The van der Waals surface area contributed by atoms with Crippen LogP contribution in [0.5, 0.6) is 0 Å². The van der Waals surface area contributed by atoms with Gasteiger partial charge in [0.15, 0.2) is 0 Å². The molecule has 2 aliphatic carbocycles. The van der Waals surface area contributed by atoms with Gasteiger partial charge in [0.2, 0.25) is 0 Å². The normalized spacial score (nSPS) is 21.7. The molecule has 2 rings (SSSR count). The molecule has 1 unspecified atom stereocenters. The van der Waals surface area contributed by atoms with E-state index in [-0.39, 0.29) is 21.7 Å². The SMILES string of the molecule is CC1=[C-]C(C)C(C)=C1C.C[SiH]C.[NH-]C1CCC1.[Ti+2]. The second-order valence-electron chi connectivity index (χ2n) is 5.00. The van der Waals surface area contributed by atoms with Crippen molar-refractivity contribution < 1.29 is 21.7 Å². The summed E-state index contributed by atoms with van der Waals surface area (Å²) in [7, 11) is 0.750. The molecular formula is C15H28NSiTi. The molecule has 18 heavy (non-hydrogen) atoms. The van der Waals surface area contributed by atoms with Crippen LogP contribution in [-0.4, -0.2) is 15.6 Å². The van der Waals surface area contributed by atoms with Gasteiger partial charge in [0.05, 0.1) is 0 Å². The van der Waals surface area contributed by atoms with Gasteiger partial charge in [0.1, 0.15) is 0 Å². The molecule has 1 radical (unpaired) electrons. The van der Waals surface area contributed by atoms with Crippen LogP contribution >= 0.6 is 0 Å². The first kappa shape index (κ1) is 20.7. The number of nitrogens with one attached hydrogen (secondary N) is 1. The van der Waals surface area contributed by atoms with Crippen LogP contribution in [0.2, 0.25) is 13.1 Å². The van der Waals surface area contributed by atoms with Gasteiger partial charge in [0, 0.05) is 9.52 Å². The van der Waals surface area contributed by atoms with Crippen LogP contribution in [0.25, 0.3) is 5.73 Å². The van der Waals surface area contributed by atoms with E-state index in [0.29, 0.717) is 12.0 Å². The molecule has 2 aliphatic rings. The molecule has 0 saturated heterocycles. The molecule has 0 aromatic rings. The Hall–Kier alpha value is 0.371. The average Bonchev–Trinajstić information content (AvgIpc) is 2.45.